The Kier molecular flexibility index (Phi) is 2.42. The zero-order chi connectivity index (χ0) is 8.27. The first-order valence-corrected chi connectivity index (χ1v) is 3.84. The molecule has 11 heavy (non-hydrogen) atoms. The fourth-order valence-electron chi connectivity index (χ4n) is 1.05. The number of aryl methyl sites for hydroxylation is 2. The Morgan fingerprint density at radius 1 is 1.27 bits per heavy atom. The average Bonchev–Trinajstić information content (AvgIpc) is 2.16. The molecule has 0 aromatic heterocycles. The second-order valence-corrected chi connectivity index (χ2v) is 2.61. The monoisotopic (exact) mass is 148 g/mol. The quantitative estimate of drug-likeness (QED) is 0.594. The van der Waals surface area contributed by atoms with Crippen molar-refractivity contribution >= 4 is 0 Å². The van der Waals surface area contributed by atoms with E-state index in [1.807, 2.05) is 38.1 Å². The minimum Gasteiger partial charge on any atom is -0.289 e. The van der Waals surface area contributed by atoms with Gasteiger partial charge < -0.3 is 0 Å². The largest absolute Gasteiger partial charge is 0.289 e. The van der Waals surface area contributed by atoms with Gasteiger partial charge in [-0.3, -0.25) is 4.79 Å². The van der Waals surface area contributed by atoms with E-state index in [0.29, 0.717) is 0 Å². The highest BCUT2D eigenvalue weighted by Gasteiger charge is 1.94. The maximum Gasteiger partial charge on any atom is 0.184 e. The third-order valence-corrected chi connectivity index (χ3v) is 1.79. The van der Waals surface area contributed by atoms with Gasteiger partial charge in [-0.15, -0.1) is 0 Å². The maximum absolute atomic E-state index is 11.4. The van der Waals surface area contributed by atoms with E-state index < -0.39 is 0 Å². The van der Waals surface area contributed by atoms with Crippen LogP contribution in [0.4, 0.5) is 0 Å². The van der Waals surface area contributed by atoms with E-state index in [0.717, 1.165) is 17.5 Å². The second-order valence-electron chi connectivity index (χ2n) is 2.61. The van der Waals surface area contributed by atoms with Gasteiger partial charge in [-0.25, -0.2) is 0 Å². The lowest BCUT2D eigenvalue weighted by atomic mass is 10.2. The van der Waals surface area contributed by atoms with Crippen molar-refractivity contribution in [1.29, 1.82) is 0 Å². The summed E-state index contributed by atoms with van der Waals surface area (Å²) in [7, 11) is 0. The highest BCUT2D eigenvalue weighted by atomic mass is 16.1. The summed E-state index contributed by atoms with van der Waals surface area (Å²) in [6, 6.07) is 7.54. The van der Waals surface area contributed by atoms with E-state index in [9.17, 15) is 4.79 Å². The van der Waals surface area contributed by atoms with E-state index in [1.54, 1.807) is 0 Å². The van der Waals surface area contributed by atoms with Crippen LogP contribution in [0.25, 0.3) is 0 Å². The number of hydrogen-bond donors (Lipinski definition) is 0. The molecule has 0 unspecified atom stereocenters. The standard InChI is InChI=1S/C10H12O/c1-3-9-7-5-4-6-8(2)10(9)11/h4-7H,3H2,1-2H3. The third kappa shape index (κ3) is 1.67. The van der Waals surface area contributed by atoms with E-state index in [4.69, 9.17) is 0 Å². The van der Waals surface area contributed by atoms with Gasteiger partial charge in [0.15, 0.2) is 5.43 Å². The molecule has 1 aromatic rings. The summed E-state index contributed by atoms with van der Waals surface area (Å²) in [6.07, 6.45) is 0.814. The van der Waals surface area contributed by atoms with E-state index >= 15 is 0 Å². The average molecular weight is 148 g/mol. The molecule has 1 nitrogen and oxygen atoms in total. The third-order valence-electron chi connectivity index (χ3n) is 1.79. The van der Waals surface area contributed by atoms with Crippen molar-refractivity contribution in [1.82, 2.24) is 0 Å². The van der Waals surface area contributed by atoms with E-state index in [-0.39, 0.29) is 5.43 Å². The molecule has 1 heteroatoms. The topological polar surface area (TPSA) is 17.1 Å². The van der Waals surface area contributed by atoms with E-state index in [1.165, 1.54) is 0 Å². The molecule has 0 spiro atoms. The second kappa shape index (κ2) is 3.33. The fraction of sp³-hybridized carbons (Fsp3) is 0.300. The van der Waals surface area contributed by atoms with Crippen LogP contribution in [-0.2, 0) is 6.42 Å². The molecule has 0 amide bonds. The summed E-state index contributed by atoms with van der Waals surface area (Å²) < 4.78 is 0. The lowest BCUT2D eigenvalue weighted by molar-refractivity contribution is 1.12. The van der Waals surface area contributed by atoms with Crippen LogP contribution >= 0.6 is 0 Å². The predicted molar refractivity (Wildman–Crippen MR) is 46.8 cm³/mol. The van der Waals surface area contributed by atoms with E-state index in [2.05, 4.69) is 0 Å². The van der Waals surface area contributed by atoms with Crippen LogP contribution in [0, 0.1) is 6.92 Å². The molecule has 0 aliphatic rings. The van der Waals surface area contributed by atoms with Gasteiger partial charge in [0, 0.05) is 0 Å². The summed E-state index contributed by atoms with van der Waals surface area (Å²) in [5, 5.41) is 0. The first kappa shape index (κ1) is 7.99. The van der Waals surface area contributed by atoms with Crippen LogP contribution in [0.1, 0.15) is 18.1 Å². The Hall–Kier alpha value is -1.11. The molecule has 0 fully saturated rings. The minimum absolute atomic E-state index is 0.178. The summed E-state index contributed by atoms with van der Waals surface area (Å²) >= 11 is 0. The molecular formula is C10H12O. The molecule has 0 saturated heterocycles. The van der Waals surface area contributed by atoms with Crippen LogP contribution in [0.5, 0.6) is 0 Å². The van der Waals surface area contributed by atoms with Crippen molar-refractivity contribution in [3.63, 3.8) is 0 Å². The van der Waals surface area contributed by atoms with Crippen molar-refractivity contribution in [2.24, 2.45) is 0 Å². The van der Waals surface area contributed by atoms with Gasteiger partial charge in [0.2, 0.25) is 0 Å². The van der Waals surface area contributed by atoms with Crippen LogP contribution in [0.2, 0.25) is 0 Å². The molecule has 1 rings (SSSR count). The fourth-order valence-corrected chi connectivity index (χ4v) is 1.05. The van der Waals surface area contributed by atoms with Gasteiger partial charge in [-0.05, 0) is 24.5 Å². The molecule has 0 radical (unpaired) electrons. The Balaban J connectivity index is 3.42. The summed E-state index contributed by atoms with van der Waals surface area (Å²) in [5.74, 6) is 0. The summed E-state index contributed by atoms with van der Waals surface area (Å²) in [4.78, 5) is 11.4. The Labute approximate surface area is 66.7 Å². The number of rotatable bonds is 1. The Bertz CT molecular complexity index is 302. The molecule has 0 atom stereocenters. The molecular weight excluding hydrogens is 136 g/mol. The molecule has 0 bridgehead atoms. The van der Waals surface area contributed by atoms with Crippen molar-refractivity contribution < 1.29 is 0 Å². The first-order chi connectivity index (χ1) is 5.25. The van der Waals surface area contributed by atoms with Gasteiger partial charge in [-0.1, -0.05) is 31.2 Å². The number of hydrogen-bond acceptors (Lipinski definition) is 1. The van der Waals surface area contributed by atoms with Gasteiger partial charge >= 0.3 is 0 Å². The summed E-state index contributed by atoms with van der Waals surface area (Å²) in [6.45, 7) is 3.84. The lowest BCUT2D eigenvalue weighted by Crippen LogP contribution is -2.06. The SMILES string of the molecule is CCc1ccccc(C)c1=O. The highest BCUT2D eigenvalue weighted by Crippen LogP contribution is 1.94. The smallest absolute Gasteiger partial charge is 0.184 e. The lowest BCUT2D eigenvalue weighted by Gasteiger charge is -1.87. The van der Waals surface area contributed by atoms with Gasteiger partial charge in [0.25, 0.3) is 0 Å². The molecule has 0 N–H and O–H groups in total. The molecule has 0 aliphatic heterocycles. The zero-order valence-electron chi connectivity index (χ0n) is 6.92. The van der Waals surface area contributed by atoms with Crippen molar-refractivity contribution in [3.05, 3.63) is 45.6 Å². The van der Waals surface area contributed by atoms with Crippen LogP contribution in [0.3, 0.4) is 0 Å². The molecule has 1 aromatic carbocycles. The first-order valence-electron chi connectivity index (χ1n) is 3.84. The minimum atomic E-state index is 0.178. The van der Waals surface area contributed by atoms with Crippen molar-refractivity contribution in [2.45, 2.75) is 20.3 Å². The Morgan fingerprint density at radius 2 is 1.91 bits per heavy atom. The van der Waals surface area contributed by atoms with Crippen LogP contribution in [-0.4, -0.2) is 0 Å². The van der Waals surface area contributed by atoms with Crippen LogP contribution in [0.15, 0.2) is 29.1 Å². The van der Waals surface area contributed by atoms with Gasteiger partial charge in [0.05, 0.1) is 0 Å². The van der Waals surface area contributed by atoms with Crippen LogP contribution < -0.4 is 5.43 Å². The summed E-state index contributed by atoms with van der Waals surface area (Å²) in [5.41, 5.74) is 1.90. The normalized spacial score (nSPS) is 9.64. The molecule has 0 aliphatic carbocycles. The maximum atomic E-state index is 11.4. The van der Waals surface area contributed by atoms with Gasteiger partial charge in [-0.2, -0.15) is 0 Å². The zero-order valence-corrected chi connectivity index (χ0v) is 6.92. The highest BCUT2D eigenvalue weighted by molar-refractivity contribution is 5.20. The van der Waals surface area contributed by atoms with Crippen molar-refractivity contribution in [3.8, 4) is 0 Å². The van der Waals surface area contributed by atoms with Gasteiger partial charge in [0.1, 0.15) is 0 Å². The Morgan fingerprint density at radius 3 is 2.55 bits per heavy atom. The predicted octanol–water partition coefficient (Wildman–Crippen LogP) is 1.92. The van der Waals surface area contributed by atoms with Crippen molar-refractivity contribution in [2.75, 3.05) is 0 Å². The molecule has 0 heterocycles. The molecule has 0 saturated carbocycles. The molecule has 58 valence electrons.